The fraction of sp³-hybridized carbons (Fsp3) is 0.400. The van der Waals surface area contributed by atoms with Gasteiger partial charge in [0.05, 0.1) is 11.3 Å². The number of nitrogens with zero attached hydrogens (tertiary/aromatic N) is 3. The van der Waals surface area contributed by atoms with Gasteiger partial charge in [-0.05, 0) is 23.1 Å². The van der Waals surface area contributed by atoms with Crippen LogP contribution in [0.25, 0.3) is 0 Å². The summed E-state index contributed by atoms with van der Waals surface area (Å²) in [6.45, 7) is 6.29. The Morgan fingerprint density at radius 1 is 1.40 bits per heavy atom. The molecule has 0 amide bonds. The third-order valence-electron chi connectivity index (χ3n) is 3.76. The summed E-state index contributed by atoms with van der Waals surface area (Å²) >= 11 is 0. The number of benzene rings is 1. The summed E-state index contributed by atoms with van der Waals surface area (Å²) in [4.78, 5) is 3.67. The molecule has 4 N–H and O–H groups in total. The Balaban J connectivity index is 3.34. The smallest absolute Gasteiger partial charge is 0.205 e. The second-order valence-corrected chi connectivity index (χ2v) is 5.31. The molecule has 1 rings (SSSR count). The number of anilines is 1. The van der Waals surface area contributed by atoms with Gasteiger partial charge in [0.15, 0.2) is 0 Å². The van der Waals surface area contributed by atoms with E-state index in [1.807, 2.05) is 26.8 Å². The van der Waals surface area contributed by atoms with Crippen LogP contribution in [0.4, 0.5) is 5.69 Å². The minimum atomic E-state index is -0.319. The van der Waals surface area contributed by atoms with Gasteiger partial charge < -0.3 is 11.5 Å². The topological polar surface area (TPSA) is 112 Å². The average Bonchev–Trinajstić information content (AvgIpc) is 2.43. The lowest BCUT2D eigenvalue weighted by molar-refractivity contribution is 0.439. The molecule has 0 aromatic heterocycles. The van der Waals surface area contributed by atoms with Gasteiger partial charge in [0.2, 0.25) is 6.19 Å². The van der Waals surface area contributed by atoms with Crippen LogP contribution in [0.3, 0.4) is 0 Å². The van der Waals surface area contributed by atoms with E-state index < -0.39 is 0 Å². The first-order valence-corrected chi connectivity index (χ1v) is 6.33. The van der Waals surface area contributed by atoms with Crippen molar-refractivity contribution in [2.45, 2.75) is 33.2 Å². The number of aliphatic imine (C=N–C) groups is 1. The zero-order chi connectivity index (χ0) is 15.3. The van der Waals surface area contributed by atoms with Gasteiger partial charge in [-0.1, -0.05) is 26.8 Å². The predicted molar refractivity (Wildman–Crippen MR) is 79.8 cm³/mol. The Bertz CT molecular complexity index is 602. The quantitative estimate of drug-likeness (QED) is 0.496. The minimum absolute atomic E-state index is 0.0631. The monoisotopic (exact) mass is 269 g/mol. The molecular formula is C15H19N5. The summed E-state index contributed by atoms with van der Waals surface area (Å²) in [5.74, 6) is 0.0631. The van der Waals surface area contributed by atoms with E-state index in [-0.39, 0.29) is 17.9 Å². The molecule has 1 aromatic carbocycles. The predicted octanol–water partition coefficient (Wildman–Crippen LogP) is 2.28. The molecule has 20 heavy (non-hydrogen) atoms. The zero-order valence-electron chi connectivity index (χ0n) is 12.0. The SMILES string of the molecule is CC(c1ccc(C#N)c(N)c1CN)C(C)(C)C=NC#N. The molecule has 0 aliphatic carbocycles. The van der Waals surface area contributed by atoms with Crippen LogP contribution < -0.4 is 11.5 Å². The highest BCUT2D eigenvalue weighted by molar-refractivity contribution is 5.69. The van der Waals surface area contributed by atoms with Crippen LogP contribution in [-0.4, -0.2) is 6.21 Å². The Kier molecular flexibility index (Phi) is 4.85. The Morgan fingerprint density at radius 2 is 2.05 bits per heavy atom. The molecule has 0 heterocycles. The molecule has 5 heteroatoms. The van der Waals surface area contributed by atoms with Gasteiger partial charge in [0.1, 0.15) is 6.07 Å². The third kappa shape index (κ3) is 2.96. The third-order valence-corrected chi connectivity index (χ3v) is 3.76. The van der Waals surface area contributed by atoms with E-state index in [1.54, 1.807) is 18.5 Å². The van der Waals surface area contributed by atoms with E-state index in [4.69, 9.17) is 22.0 Å². The van der Waals surface area contributed by atoms with Crippen molar-refractivity contribution in [1.29, 1.82) is 10.5 Å². The maximum Gasteiger partial charge on any atom is 0.205 e. The molecule has 0 saturated heterocycles. The van der Waals surface area contributed by atoms with Crippen molar-refractivity contribution in [3.8, 4) is 12.3 Å². The largest absolute Gasteiger partial charge is 0.397 e. The van der Waals surface area contributed by atoms with Crippen molar-refractivity contribution in [3.05, 3.63) is 28.8 Å². The molecule has 0 spiro atoms. The van der Waals surface area contributed by atoms with E-state index >= 15 is 0 Å². The van der Waals surface area contributed by atoms with Crippen molar-refractivity contribution in [1.82, 2.24) is 0 Å². The van der Waals surface area contributed by atoms with E-state index in [0.717, 1.165) is 11.1 Å². The summed E-state index contributed by atoms with van der Waals surface area (Å²) in [6.07, 6.45) is 3.40. The maximum absolute atomic E-state index is 9.02. The number of rotatable bonds is 4. The number of nitriles is 2. The van der Waals surface area contributed by atoms with Crippen LogP contribution in [-0.2, 0) is 6.54 Å². The number of nitrogen functional groups attached to an aromatic ring is 1. The van der Waals surface area contributed by atoms with E-state index in [1.165, 1.54) is 0 Å². The summed E-state index contributed by atoms with van der Waals surface area (Å²) in [7, 11) is 0. The second-order valence-electron chi connectivity index (χ2n) is 5.31. The van der Waals surface area contributed by atoms with Crippen molar-refractivity contribution < 1.29 is 0 Å². The minimum Gasteiger partial charge on any atom is -0.397 e. The highest BCUT2D eigenvalue weighted by Crippen LogP contribution is 2.37. The maximum atomic E-state index is 9.02. The highest BCUT2D eigenvalue weighted by Gasteiger charge is 2.28. The van der Waals surface area contributed by atoms with Gasteiger partial charge in [-0.2, -0.15) is 15.5 Å². The van der Waals surface area contributed by atoms with Crippen LogP contribution in [0.5, 0.6) is 0 Å². The fourth-order valence-corrected chi connectivity index (χ4v) is 2.12. The first kappa shape index (κ1) is 15.7. The Labute approximate surface area is 119 Å². The van der Waals surface area contributed by atoms with Crippen LogP contribution in [0.2, 0.25) is 0 Å². The molecule has 1 unspecified atom stereocenters. The molecule has 0 radical (unpaired) electrons. The molecule has 5 nitrogen and oxygen atoms in total. The first-order chi connectivity index (χ1) is 9.38. The average molecular weight is 269 g/mol. The van der Waals surface area contributed by atoms with E-state index in [0.29, 0.717) is 11.3 Å². The van der Waals surface area contributed by atoms with E-state index in [2.05, 4.69) is 11.1 Å². The highest BCUT2D eigenvalue weighted by atomic mass is 14.7. The zero-order valence-corrected chi connectivity index (χ0v) is 12.0. The van der Waals surface area contributed by atoms with Gasteiger partial charge in [-0.15, -0.1) is 0 Å². The first-order valence-electron chi connectivity index (χ1n) is 6.33. The molecule has 104 valence electrons. The lowest BCUT2D eigenvalue weighted by Gasteiger charge is -2.30. The second kappa shape index (κ2) is 6.18. The van der Waals surface area contributed by atoms with Crippen molar-refractivity contribution in [3.63, 3.8) is 0 Å². The van der Waals surface area contributed by atoms with Crippen molar-refractivity contribution in [2.24, 2.45) is 16.1 Å². The van der Waals surface area contributed by atoms with Crippen molar-refractivity contribution >= 4 is 11.9 Å². The lowest BCUT2D eigenvalue weighted by atomic mass is 9.75. The lowest BCUT2D eigenvalue weighted by Crippen LogP contribution is -2.23. The van der Waals surface area contributed by atoms with Gasteiger partial charge in [-0.3, -0.25) is 0 Å². The van der Waals surface area contributed by atoms with E-state index in [9.17, 15) is 0 Å². The van der Waals surface area contributed by atoms with Gasteiger partial charge in [0.25, 0.3) is 0 Å². The van der Waals surface area contributed by atoms with Gasteiger partial charge in [0, 0.05) is 18.2 Å². The Hall–Kier alpha value is -2.37. The fourth-order valence-electron chi connectivity index (χ4n) is 2.12. The van der Waals surface area contributed by atoms with Crippen LogP contribution in [0.1, 0.15) is 43.4 Å². The van der Waals surface area contributed by atoms with Gasteiger partial charge >= 0.3 is 0 Å². The molecular weight excluding hydrogens is 250 g/mol. The van der Waals surface area contributed by atoms with Crippen LogP contribution in [0, 0.1) is 28.2 Å². The Morgan fingerprint density at radius 3 is 2.55 bits per heavy atom. The molecule has 0 aliphatic rings. The summed E-state index contributed by atoms with van der Waals surface area (Å²) in [6, 6.07) is 5.64. The summed E-state index contributed by atoms with van der Waals surface area (Å²) in [5, 5.41) is 17.6. The van der Waals surface area contributed by atoms with Crippen LogP contribution >= 0.6 is 0 Å². The molecule has 0 fully saturated rings. The molecule has 1 aromatic rings. The number of nitrogens with two attached hydrogens (primary N) is 2. The molecule has 1 atom stereocenters. The molecule has 0 aliphatic heterocycles. The summed E-state index contributed by atoms with van der Waals surface area (Å²) in [5.41, 5.74) is 14.1. The van der Waals surface area contributed by atoms with Crippen molar-refractivity contribution in [2.75, 3.05) is 5.73 Å². The number of hydrogen-bond acceptors (Lipinski definition) is 5. The molecule has 0 saturated carbocycles. The standard InChI is InChI=1S/C15H19N5/c1-10(15(2,3)8-20-9-18)12-5-4-11(6-16)14(19)13(12)7-17/h4-5,8,10H,7,17,19H2,1-3H3. The van der Waals surface area contributed by atoms with Gasteiger partial charge in [-0.25, -0.2) is 0 Å². The normalized spacial score (nSPS) is 12.9. The molecule has 0 bridgehead atoms. The number of hydrogen-bond donors (Lipinski definition) is 2. The summed E-state index contributed by atoms with van der Waals surface area (Å²) < 4.78 is 0. The van der Waals surface area contributed by atoms with Crippen LogP contribution in [0.15, 0.2) is 17.1 Å².